The van der Waals surface area contributed by atoms with Crippen LogP contribution in [0, 0.1) is 11.8 Å². The fraction of sp³-hybridized carbons (Fsp3) is 1.00. The van der Waals surface area contributed by atoms with E-state index in [0.717, 1.165) is 24.4 Å². The lowest BCUT2D eigenvalue weighted by molar-refractivity contribution is 0.0928. The predicted octanol–water partition coefficient (Wildman–Crippen LogP) is 4.04. The highest BCUT2D eigenvalue weighted by Crippen LogP contribution is 2.28. The van der Waals surface area contributed by atoms with Gasteiger partial charge in [0.2, 0.25) is 0 Å². The van der Waals surface area contributed by atoms with Crippen LogP contribution in [0.25, 0.3) is 0 Å². The van der Waals surface area contributed by atoms with E-state index < -0.39 is 0 Å². The van der Waals surface area contributed by atoms with Gasteiger partial charge < -0.3 is 5.73 Å². The summed E-state index contributed by atoms with van der Waals surface area (Å²) in [7, 11) is 0. The maximum Gasteiger partial charge on any atom is 0.0246 e. The van der Waals surface area contributed by atoms with Crippen molar-refractivity contribution in [2.45, 2.75) is 84.7 Å². The molecule has 2 heteroatoms. The maximum atomic E-state index is 6.14. The summed E-state index contributed by atoms with van der Waals surface area (Å²) in [5.41, 5.74) is 6.14. The van der Waals surface area contributed by atoms with Gasteiger partial charge in [0.25, 0.3) is 0 Å². The van der Waals surface area contributed by atoms with Crippen LogP contribution in [0.15, 0.2) is 0 Å². The average molecular weight is 268 g/mol. The first-order valence-electron chi connectivity index (χ1n) is 8.55. The fourth-order valence-corrected chi connectivity index (χ4v) is 3.60. The molecule has 0 aliphatic heterocycles. The summed E-state index contributed by atoms with van der Waals surface area (Å²) in [4.78, 5) is 2.79. The van der Waals surface area contributed by atoms with E-state index in [2.05, 4.69) is 32.6 Å². The second-order valence-corrected chi connectivity index (χ2v) is 6.93. The fourth-order valence-electron chi connectivity index (χ4n) is 3.60. The largest absolute Gasteiger partial charge is 0.329 e. The molecular weight excluding hydrogens is 232 g/mol. The molecule has 1 aliphatic rings. The molecule has 0 aromatic carbocycles. The molecule has 1 saturated carbocycles. The molecule has 0 bridgehead atoms. The van der Waals surface area contributed by atoms with Crippen molar-refractivity contribution in [3.63, 3.8) is 0 Å². The SMILES string of the molecule is CCCC(C)C(CN)N(CCC(C)C)C1CCCC1. The second-order valence-electron chi connectivity index (χ2n) is 6.93. The Bertz CT molecular complexity index is 221. The zero-order valence-electron chi connectivity index (χ0n) is 13.7. The first-order valence-corrected chi connectivity index (χ1v) is 8.55. The minimum absolute atomic E-state index is 0.599. The molecule has 0 amide bonds. The molecule has 0 spiro atoms. The zero-order valence-corrected chi connectivity index (χ0v) is 13.7. The minimum atomic E-state index is 0.599. The molecule has 2 nitrogen and oxygen atoms in total. The highest BCUT2D eigenvalue weighted by molar-refractivity contribution is 4.86. The van der Waals surface area contributed by atoms with Crippen molar-refractivity contribution in [2.75, 3.05) is 13.1 Å². The lowest BCUT2D eigenvalue weighted by atomic mass is 9.93. The molecule has 1 rings (SSSR count). The summed E-state index contributed by atoms with van der Waals surface area (Å²) < 4.78 is 0. The highest BCUT2D eigenvalue weighted by Gasteiger charge is 2.30. The summed E-state index contributed by atoms with van der Waals surface area (Å²) in [6.45, 7) is 11.4. The minimum Gasteiger partial charge on any atom is -0.329 e. The van der Waals surface area contributed by atoms with Crippen LogP contribution >= 0.6 is 0 Å². The summed E-state index contributed by atoms with van der Waals surface area (Å²) in [6.07, 6.45) is 9.53. The van der Waals surface area contributed by atoms with Crippen LogP contribution in [0.3, 0.4) is 0 Å². The molecule has 2 atom stereocenters. The molecule has 0 saturated heterocycles. The van der Waals surface area contributed by atoms with Gasteiger partial charge in [-0.25, -0.2) is 0 Å². The van der Waals surface area contributed by atoms with Crippen molar-refractivity contribution in [3.05, 3.63) is 0 Å². The molecule has 0 heterocycles. The molecule has 0 radical (unpaired) electrons. The van der Waals surface area contributed by atoms with E-state index in [0.29, 0.717) is 6.04 Å². The Kier molecular flexibility index (Phi) is 8.01. The normalized spacial score (nSPS) is 20.4. The summed E-state index contributed by atoms with van der Waals surface area (Å²) in [5.74, 6) is 1.53. The van der Waals surface area contributed by atoms with Crippen LogP contribution in [0.1, 0.15) is 72.6 Å². The van der Waals surface area contributed by atoms with Gasteiger partial charge in [-0.15, -0.1) is 0 Å². The smallest absolute Gasteiger partial charge is 0.0246 e. The van der Waals surface area contributed by atoms with E-state index in [9.17, 15) is 0 Å². The van der Waals surface area contributed by atoms with Gasteiger partial charge >= 0.3 is 0 Å². The Morgan fingerprint density at radius 1 is 1.11 bits per heavy atom. The van der Waals surface area contributed by atoms with E-state index in [-0.39, 0.29) is 0 Å². The van der Waals surface area contributed by atoms with Gasteiger partial charge in [0.15, 0.2) is 0 Å². The average Bonchev–Trinajstić information content (AvgIpc) is 2.87. The van der Waals surface area contributed by atoms with Crippen LogP contribution in [-0.2, 0) is 0 Å². The summed E-state index contributed by atoms with van der Waals surface area (Å²) >= 11 is 0. The topological polar surface area (TPSA) is 29.3 Å². The van der Waals surface area contributed by atoms with Crippen molar-refractivity contribution in [1.82, 2.24) is 4.90 Å². The molecule has 1 fully saturated rings. The van der Waals surface area contributed by atoms with E-state index in [1.807, 2.05) is 0 Å². The Balaban J connectivity index is 2.67. The number of hydrogen-bond acceptors (Lipinski definition) is 2. The first-order chi connectivity index (χ1) is 9.10. The summed E-state index contributed by atoms with van der Waals surface area (Å²) in [6, 6.07) is 1.41. The Morgan fingerprint density at radius 3 is 2.21 bits per heavy atom. The summed E-state index contributed by atoms with van der Waals surface area (Å²) in [5, 5.41) is 0. The van der Waals surface area contributed by atoms with Crippen molar-refractivity contribution in [2.24, 2.45) is 17.6 Å². The lowest BCUT2D eigenvalue weighted by Crippen LogP contribution is -2.50. The van der Waals surface area contributed by atoms with E-state index in [4.69, 9.17) is 5.73 Å². The predicted molar refractivity (Wildman–Crippen MR) is 85.3 cm³/mol. The van der Waals surface area contributed by atoms with E-state index in [1.54, 1.807) is 0 Å². The van der Waals surface area contributed by atoms with Crippen molar-refractivity contribution < 1.29 is 0 Å². The third-order valence-electron chi connectivity index (χ3n) is 4.83. The van der Waals surface area contributed by atoms with Gasteiger partial charge in [0, 0.05) is 18.6 Å². The number of nitrogens with two attached hydrogens (primary N) is 1. The Morgan fingerprint density at radius 2 is 1.74 bits per heavy atom. The van der Waals surface area contributed by atoms with E-state index >= 15 is 0 Å². The number of nitrogens with zero attached hydrogens (tertiary/aromatic N) is 1. The van der Waals surface area contributed by atoms with Gasteiger partial charge in [0.05, 0.1) is 0 Å². The Labute approximate surface area is 121 Å². The van der Waals surface area contributed by atoms with Crippen LogP contribution in [-0.4, -0.2) is 30.1 Å². The van der Waals surface area contributed by atoms with Gasteiger partial charge in [-0.3, -0.25) is 4.90 Å². The van der Waals surface area contributed by atoms with Crippen molar-refractivity contribution >= 4 is 0 Å². The van der Waals surface area contributed by atoms with Gasteiger partial charge in [-0.05, 0) is 44.1 Å². The monoisotopic (exact) mass is 268 g/mol. The molecular formula is C17H36N2. The molecule has 2 unspecified atom stereocenters. The molecule has 0 aromatic rings. The van der Waals surface area contributed by atoms with Crippen molar-refractivity contribution in [1.29, 1.82) is 0 Å². The van der Waals surface area contributed by atoms with Crippen LogP contribution in [0.4, 0.5) is 0 Å². The second kappa shape index (κ2) is 8.97. The van der Waals surface area contributed by atoms with Gasteiger partial charge in [-0.2, -0.15) is 0 Å². The molecule has 2 N–H and O–H groups in total. The number of rotatable bonds is 9. The Hall–Kier alpha value is -0.0800. The molecule has 0 aromatic heterocycles. The highest BCUT2D eigenvalue weighted by atomic mass is 15.2. The molecule has 114 valence electrons. The van der Waals surface area contributed by atoms with Crippen LogP contribution < -0.4 is 5.73 Å². The molecule has 19 heavy (non-hydrogen) atoms. The van der Waals surface area contributed by atoms with E-state index in [1.165, 1.54) is 51.5 Å². The van der Waals surface area contributed by atoms with Crippen LogP contribution in [0.2, 0.25) is 0 Å². The molecule has 1 aliphatic carbocycles. The third kappa shape index (κ3) is 5.43. The maximum absolute atomic E-state index is 6.14. The lowest BCUT2D eigenvalue weighted by Gasteiger charge is -2.39. The van der Waals surface area contributed by atoms with Crippen molar-refractivity contribution in [3.8, 4) is 0 Å². The number of hydrogen-bond donors (Lipinski definition) is 1. The third-order valence-corrected chi connectivity index (χ3v) is 4.83. The standard InChI is InChI=1S/C17H36N2/c1-5-8-15(4)17(13-18)19(12-11-14(2)3)16-9-6-7-10-16/h14-17H,5-13,18H2,1-4H3. The zero-order chi connectivity index (χ0) is 14.3. The quantitative estimate of drug-likeness (QED) is 0.684. The first kappa shape index (κ1) is 17.0. The van der Waals surface area contributed by atoms with Gasteiger partial charge in [0.1, 0.15) is 0 Å². The van der Waals surface area contributed by atoms with Gasteiger partial charge in [-0.1, -0.05) is 47.0 Å². The van der Waals surface area contributed by atoms with Crippen LogP contribution in [0.5, 0.6) is 0 Å².